The average Bonchev–Trinajstić information content (AvgIpc) is 1.79. The minimum Gasteiger partial charge on any atom is -0.462 e. The van der Waals surface area contributed by atoms with Crippen LogP contribution in [0.15, 0.2) is 0 Å². The smallest absolute Gasteiger partial charge is 0.462 e. The van der Waals surface area contributed by atoms with Gasteiger partial charge in [0.1, 0.15) is 19.3 Å². The predicted molar refractivity (Wildman–Crippen MR) is 381 cm³/mol. The minimum atomic E-state index is -4.96. The second-order valence-corrected chi connectivity index (χ2v) is 30.9. The van der Waals surface area contributed by atoms with Crippen LogP contribution in [0.1, 0.15) is 388 Å². The second-order valence-electron chi connectivity index (χ2n) is 28.0. The molecule has 0 fully saturated rings. The van der Waals surface area contributed by atoms with Gasteiger partial charge in [0.25, 0.3) is 0 Å². The monoisotopic (exact) mass is 1380 g/mol. The van der Waals surface area contributed by atoms with Crippen molar-refractivity contribution in [3.05, 3.63) is 0 Å². The summed E-state index contributed by atoms with van der Waals surface area (Å²) in [7, 11) is -9.91. The Labute approximate surface area is 575 Å². The number of aliphatic hydroxyl groups excluding tert-OH is 1. The number of hydrogen-bond acceptors (Lipinski definition) is 15. The molecule has 0 aliphatic carbocycles. The van der Waals surface area contributed by atoms with E-state index in [-0.39, 0.29) is 25.7 Å². The van der Waals surface area contributed by atoms with Crippen LogP contribution in [0.2, 0.25) is 0 Å². The maximum atomic E-state index is 13.1. The molecule has 558 valence electrons. The largest absolute Gasteiger partial charge is 0.472 e. The predicted octanol–water partition coefficient (Wildman–Crippen LogP) is 21.9. The van der Waals surface area contributed by atoms with Crippen LogP contribution in [-0.4, -0.2) is 96.7 Å². The average molecular weight is 1380 g/mol. The van der Waals surface area contributed by atoms with E-state index in [1.54, 1.807) is 0 Å². The highest BCUT2D eigenvalue weighted by Gasteiger charge is 2.30. The Morgan fingerprint density at radius 2 is 0.489 bits per heavy atom. The number of phosphoric acid groups is 2. The minimum absolute atomic E-state index is 0.106. The molecule has 3 N–H and O–H groups in total. The number of carbonyl (C=O) groups excluding carboxylic acids is 4. The molecule has 0 rings (SSSR count). The van der Waals surface area contributed by atoms with Gasteiger partial charge in [0.05, 0.1) is 26.4 Å². The first-order chi connectivity index (χ1) is 45.4. The lowest BCUT2D eigenvalue weighted by atomic mass is 10.0. The lowest BCUT2D eigenvalue weighted by Gasteiger charge is -2.21. The maximum absolute atomic E-state index is 13.1. The van der Waals surface area contributed by atoms with Crippen LogP contribution in [0.3, 0.4) is 0 Å². The van der Waals surface area contributed by atoms with Crippen LogP contribution in [0, 0.1) is 11.8 Å². The fourth-order valence-electron chi connectivity index (χ4n) is 11.5. The van der Waals surface area contributed by atoms with E-state index in [1.807, 2.05) is 0 Å². The standard InChI is InChI=1S/C75H146O17P2/c1-7-9-11-13-15-17-19-20-21-22-23-24-25-26-27-31-36-40-48-54-60-75(80)91-70(63-85-72(77)57-51-45-38-34-32-28-30-33-37-43-49-55-67(3)4)65-89-93(81,82)87-61-69(76)62-88-94(83,84)90-66-71(64-86-73(78)58-52-46-42-41-44-50-56-68(5)6)92-74(79)59-53-47-39-35-29-18-16-14-12-10-8-2/h67-71,76H,7-66H2,1-6H3,(H,81,82)(H,83,84)/t69-,70-,71-/m1/s1. The molecule has 94 heavy (non-hydrogen) atoms. The van der Waals surface area contributed by atoms with Crippen LogP contribution < -0.4 is 0 Å². The van der Waals surface area contributed by atoms with Gasteiger partial charge in [-0.15, -0.1) is 0 Å². The van der Waals surface area contributed by atoms with Crippen molar-refractivity contribution in [3.8, 4) is 0 Å². The zero-order valence-corrected chi connectivity index (χ0v) is 63.1. The Morgan fingerprint density at radius 1 is 0.287 bits per heavy atom. The molecule has 0 aliphatic heterocycles. The number of esters is 4. The zero-order chi connectivity index (χ0) is 69.3. The van der Waals surface area contributed by atoms with Gasteiger partial charge < -0.3 is 33.8 Å². The van der Waals surface area contributed by atoms with Crippen LogP contribution >= 0.6 is 15.6 Å². The molecule has 0 aliphatic rings. The molecule has 0 bridgehead atoms. The lowest BCUT2D eigenvalue weighted by molar-refractivity contribution is -0.161. The van der Waals surface area contributed by atoms with E-state index in [0.717, 1.165) is 102 Å². The van der Waals surface area contributed by atoms with E-state index >= 15 is 0 Å². The first-order valence-corrected chi connectivity index (χ1v) is 42.0. The number of carbonyl (C=O) groups is 4. The normalized spacial score (nSPS) is 14.0. The summed E-state index contributed by atoms with van der Waals surface area (Å²) in [5.41, 5.74) is 0. The number of aliphatic hydroxyl groups is 1. The van der Waals surface area contributed by atoms with E-state index in [0.29, 0.717) is 31.6 Å². The molecular formula is C75H146O17P2. The fraction of sp³-hybridized carbons (Fsp3) is 0.947. The summed E-state index contributed by atoms with van der Waals surface area (Å²) >= 11 is 0. The quantitative estimate of drug-likeness (QED) is 0.0222. The van der Waals surface area contributed by atoms with Gasteiger partial charge in [-0.3, -0.25) is 37.3 Å². The van der Waals surface area contributed by atoms with E-state index in [1.165, 1.54) is 199 Å². The summed E-state index contributed by atoms with van der Waals surface area (Å²) in [6.45, 7) is 9.50. The highest BCUT2D eigenvalue weighted by atomic mass is 31.2. The topological polar surface area (TPSA) is 237 Å². The van der Waals surface area contributed by atoms with Crippen molar-refractivity contribution in [1.82, 2.24) is 0 Å². The van der Waals surface area contributed by atoms with Gasteiger partial charge >= 0.3 is 39.5 Å². The highest BCUT2D eigenvalue weighted by Crippen LogP contribution is 2.45. The Hall–Kier alpha value is -1.94. The van der Waals surface area contributed by atoms with Crippen LogP contribution in [0.5, 0.6) is 0 Å². The summed E-state index contributed by atoms with van der Waals surface area (Å²) in [6, 6.07) is 0. The van der Waals surface area contributed by atoms with Crippen molar-refractivity contribution >= 4 is 39.5 Å². The van der Waals surface area contributed by atoms with Crippen molar-refractivity contribution in [3.63, 3.8) is 0 Å². The van der Waals surface area contributed by atoms with Gasteiger partial charge in [0.2, 0.25) is 0 Å². The van der Waals surface area contributed by atoms with Gasteiger partial charge in [-0.1, -0.05) is 337 Å². The first-order valence-electron chi connectivity index (χ1n) is 39.0. The number of hydrogen-bond donors (Lipinski definition) is 3. The molecule has 19 heteroatoms. The third-order valence-corrected chi connectivity index (χ3v) is 19.4. The molecule has 0 radical (unpaired) electrons. The Morgan fingerprint density at radius 3 is 0.723 bits per heavy atom. The lowest BCUT2D eigenvalue weighted by Crippen LogP contribution is -2.30. The van der Waals surface area contributed by atoms with E-state index in [9.17, 15) is 43.2 Å². The first kappa shape index (κ1) is 92.1. The van der Waals surface area contributed by atoms with E-state index in [2.05, 4.69) is 41.5 Å². The van der Waals surface area contributed by atoms with Crippen molar-refractivity contribution in [2.24, 2.45) is 11.8 Å². The van der Waals surface area contributed by atoms with Crippen molar-refractivity contribution < 1.29 is 80.2 Å². The summed E-state index contributed by atoms with van der Waals surface area (Å²) in [5.74, 6) is -0.669. The van der Waals surface area contributed by atoms with Gasteiger partial charge in [0.15, 0.2) is 12.2 Å². The SMILES string of the molecule is CCCCCCCCCCCCCCCCCCCCCCC(=O)O[C@H](COC(=O)CCCCCCCCCCCCCC(C)C)COP(=O)(O)OC[C@@H](O)COP(=O)(O)OC[C@@H](COC(=O)CCCCCCCCC(C)C)OC(=O)CCCCCCCCCCCCC. The molecule has 5 atom stereocenters. The maximum Gasteiger partial charge on any atom is 0.472 e. The molecule has 0 saturated carbocycles. The molecule has 2 unspecified atom stereocenters. The van der Waals surface area contributed by atoms with E-state index in [4.69, 9.17) is 37.0 Å². The second kappa shape index (κ2) is 66.9. The Bertz CT molecular complexity index is 1820. The number of unbranched alkanes of at least 4 members (excludes halogenated alkanes) is 44. The van der Waals surface area contributed by atoms with Gasteiger partial charge in [-0.25, -0.2) is 9.13 Å². The molecule has 0 aromatic carbocycles. The molecule has 17 nitrogen and oxygen atoms in total. The summed E-state index contributed by atoms with van der Waals surface area (Å²) in [4.78, 5) is 72.7. The molecular weight excluding hydrogens is 1230 g/mol. The molecule has 0 aromatic rings. The molecule has 0 spiro atoms. The van der Waals surface area contributed by atoms with E-state index < -0.39 is 97.5 Å². The fourth-order valence-corrected chi connectivity index (χ4v) is 13.1. The number of phosphoric ester groups is 2. The van der Waals surface area contributed by atoms with Crippen LogP contribution in [-0.2, 0) is 65.4 Å². The van der Waals surface area contributed by atoms with Gasteiger partial charge in [0, 0.05) is 25.7 Å². The summed E-state index contributed by atoms with van der Waals surface area (Å²) < 4.78 is 68.4. The summed E-state index contributed by atoms with van der Waals surface area (Å²) in [6.07, 6.45) is 54.3. The summed E-state index contributed by atoms with van der Waals surface area (Å²) in [5, 5.41) is 10.6. The zero-order valence-electron chi connectivity index (χ0n) is 61.3. The molecule has 0 saturated heterocycles. The number of ether oxygens (including phenoxy) is 4. The molecule has 0 heterocycles. The molecule has 0 amide bonds. The Balaban J connectivity index is 5.20. The molecule has 0 aromatic heterocycles. The Kier molecular flexibility index (Phi) is 65.5. The van der Waals surface area contributed by atoms with Crippen LogP contribution in [0.25, 0.3) is 0 Å². The van der Waals surface area contributed by atoms with Gasteiger partial charge in [-0.2, -0.15) is 0 Å². The van der Waals surface area contributed by atoms with Gasteiger partial charge in [-0.05, 0) is 37.5 Å². The van der Waals surface area contributed by atoms with Crippen molar-refractivity contribution in [2.75, 3.05) is 39.6 Å². The van der Waals surface area contributed by atoms with Crippen LogP contribution in [0.4, 0.5) is 0 Å². The van der Waals surface area contributed by atoms with Crippen molar-refractivity contribution in [1.29, 1.82) is 0 Å². The number of rotatable bonds is 74. The van der Waals surface area contributed by atoms with Crippen molar-refractivity contribution in [2.45, 2.75) is 407 Å². The third kappa shape index (κ3) is 68.6. The highest BCUT2D eigenvalue weighted by molar-refractivity contribution is 7.47. The third-order valence-electron chi connectivity index (χ3n) is 17.5.